The summed E-state index contributed by atoms with van der Waals surface area (Å²) in [5, 5.41) is 23.4. The standard InChI is InChI=1S/C15H16N4O5/c1-8(11-13(22)18(2)15(24)19(3)14(11)23)16-17-12(21)9-6-4-5-7-10(9)20/h4-7,20,22H,1-3H3,(H,17,21)/b16-8+. The highest BCUT2D eigenvalue weighted by atomic mass is 16.3. The van der Waals surface area contributed by atoms with E-state index in [1.807, 2.05) is 0 Å². The molecule has 0 saturated heterocycles. The van der Waals surface area contributed by atoms with Crippen molar-refractivity contribution in [3.8, 4) is 11.6 Å². The first kappa shape index (κ1) is 17.0. The Kier molecular flexibility index (Phi) is 4.54. The predicted octanol–water partition coefficient (Wildman–Crippen LogP) is -0.351. The molecule has 2 aromatic rings. The van der Waals surface area contributed by atoms with E-state index in [9.17, 15) is 24.6 Å². The minimum absolute atomic E-state index is 0.00614. The number of carbonyl (C=O) groups is 1. The third-order valence-electron chi connectivity index (χ3n) is 3.47. The normalized spacial score (nSPS) is 11.4. The number of phenols is 1. The van der Waals surface area contributed by atoms with Crippen molar-refractivity contribution < 1.29 is 15.0 Å². The lowest BCUT2D eigenvalue weighted by atomic mass is 10.2. The van der Waals surface area contributed by atoms with Crippen LogP contribution >= 0.6 is 0 Å². The quantitative estimate of drug-likeness (QED) is 0.523. The Balaban J connectivity index is 2.40. The molecule has 0 aliphatic carbocycles. The summed E-state index contributed by atoms with van der Waals surface area (Å²) in [5.41, 5.74) is 0.561. The van der Waals surface area contributed by atoms with E-state index in [-0.39, 0.29) is 22.6 Å². The van der Waals surface area contributed by atoms with E-state index in [0.29, 0.717) is 0 Å². The highest BCUT2D eigenvalue weighted by molar-refractivity contribution is 6.02. The zero-order valence-corrected chi connectivity index (χ0v) is 13.3. The van der Waals surface area contributed by atoms with Gasteiger partial charge in [0.2, 0.25) is 5.88 Å². The first-order chi connectivity index (χ1) is 11.3. The van der Waals surface area contributed by atoms with Gasteiger partial charge in [-0.05, 0) is 19.1 Å². The molecule has 0 spiro atoms. The number of carbonyl (C=O) groups excluding carboxylic acids is 1. The molecule has 9 heteroatoms. The second-order valence-corrected chi connectivity index (χ2v) is 5.06. The summed E-state index contributed by atoms with van der Waals surface area (Å²) in [5.74, 6) is -1.46. The maximum atomic E-state index is 12.1. The van der Waals surface area contributed by atoms with Crippen molar-refractivity contribution >= 4 is 11.6 Å². The third-order valence-corrected chi connectivity index (χ3v) is 3.47. The van der Waals surface area contributed by atoms with Crippen molar-refractivity contribution in [2.75, 3.05) is 0 Å². The Bertz CT molecular complexity index is 955. The molecule has 0 fully saturated rings. The van der Waals surface area contributed by atoms with Gasteiger partial charge in [0, 0.05) is 14.1 Å². The van der Waals surface area contributed by atoms with Crippen LogP contribution in [0.25, 0.3) is 0 Å². The Morgan fingerprint density at radius 1 is 1.12 bits per heavy atom. The molecule has 1 aromatic heterocycles. The first-order valence-corrected chi connectivity index (χ1v) is 6.87. The van der Waals surface area contributed by atoms with E-state index in [1.54, 1.807) is 12.1 Å². The largest absolute Gasteiger partial charge is 0.507 e. The second-order valence-electron chi connectivity index (χ2n) is 5.06. The lowest BCUT2D eigenvalue weighted by molar-refractivity contribution is 0.0952. The fraction of sp³-hybridized carbons (Fsp3) is 0.200. The Morgan fingerprint density at radius 3 is 2.38 bits per heavy atom. The SMILES string of the molecule is C/C(=N\NC(=O)c1ccccc1O)c1c(O)n(C)c(=O)n(C)c1=O. The van der Waals surface area contributed by atoms with E-state index in [4.69, 9.17) is 0 Å². The van der Waals surface area contributed by atoms with E-state index in [0.717, 1.165) is 9.13 Å². The van der Waals surface area contributed by atoms with Crippen LogP contribution in [0.15, 0.2) is 39.0 Å². The van der Waals surface area contributed by atoms with Gasteiger partial charge in [-0.2, -0.15) is 5.10 Å². The highest BCUT2D eigenvalue weighted by Gasteiger charge is 2.18. The van der Waals surface area contributed by atoms with E-state index in [2.05, 4.69) is 10.5 Å². The molecule has 9 nitrogen and oxygen atoms in total. The molecule has 0 aliphatic rings. The number of hydrazone groups is 1. The maximum absolute atomic E-state index is 12.1. The molecule has 0 atom stereocenters. The van der Waals surface area contributed by atoms with Crippen LogP contribution in [-0.2, 0) is 14.1 Å². The van der Waals surface area contributed by atoms with Gasteiger partial charge in [0.25, 0.3) is 11.5 Å². The smallest absolute Gasteiger partial charge is 0.333 e. The second kappa shape index (κ2) is 6.41. The predicted molar refractivity (Wildman–Crippen MR) is 86.4 cm³/mol. The van der Waals surface area contributed by atoms with Crippen LogP contribution in [0.3, 0.4) is 0 Å². The van der Waals surface area contributed by atoms with Crippen LogP contribution in [0.1, 0.15) is 22.8 Å². The molecule has 126 valence electrons. The average Bonchev–Trinajstić information content (AvgIpc) is 2.56. The van der Waals surface area contributed by atoms with Gasteiger partial charge in [-0.15, -0.1) is 0 Å². The van der Waals surface area contributed by atoms with Crippen molar-refractivity contribution in [1.29, 1.82) is 0 Å². The zero-order valence-electron chi connectivity index (χ0n) is 13.3. The number of rotatable bonds is 3. The van der Waals surface area contributed by atoms with Gasteiger partial charge in [-0.3, -0.25) is 18.7 Å². The van der Waals surface area contributed by atoms with Crippen molar-refractivity contribution in [2.45, 2.75) is 6.92 Å². The molecule has 0 aliphatic heterocycles. The Morgan fingerprint density at radius 2 is 1.75 bits per heavy atom. The maximum Gasteiger partial charge on any atom is 0.333 e. The molecule has 1 amide bonds. The van der Waals surface area contributed by atoms with Gasteiger partial charge < -0.3 is 10.2 Å². The highest BCUT2D eigenvalue weighted by Crippen LogP contribution is 2.15. The summed E-state index contributed by atoms with van der Waals surface area (Å²) in [4.78, 5) is 35.8. The fourth-order valence-electron chi connectivity index (χ4n) is 2.07. The molecule has 0 saturated carbocycles. The third kappa shape index (κ3) is 2.91. The van der Waals surface area contributed by atoms with Gasteiger partial charge in [0.1, 0.15) is 11.3 Å². The number of aromatic nitrogens is 2. The minimum Gasteiger partial charge on any atom is -0.507 e. The van der Waals surface area contributed by atoms with E-state index < -0.39 is 23.0 Å². The topological polar surface area (TPSA) is 126 Å². The molecule has 0 radical (unpaired) electrons. The number of aromatic hydroxyl groups is 2. The number of phenolic OH excluding ortho intramolecular Hbond substituents is 1. The molecule has 2 rings (SSSR count). The average molecular weight is 332 g/mol. The number of benzene rings is 1. The van der Waals surface area contributed by atoms with Gasteiger partial charge in [0.05, 0.1) is 11.3 Å². The zero-order chi connectivity index (χ0) is 18.0. The van der Waals surface area contributed by atoms with Crippen molar-refractivity contribution in [1.82, 2.24) is 14.6 Å². The van der Waals surface area contributed by atoms with Crippen LogP contribution < -0.4 is 16.7 Å². The number of amides is 1. The Labute approximate surface area is 136 Å². The van der Waals surface area contributed by atoms with Crippen molar-refractivity contribution in [3.05, 3.63) is 56.2 Å². The van der Waals surface area contributed by atoms with Gasteiger partial charge in [-0.25, -0.2) is 10.2 Å². The summed E-state index contributed by atoms with van der Waals surface area (Å²) in [6.07, 6.45) is 0. The molecule has 1 aromatic carbocycles. The van der Waals surface area contributed by atoms with Crippen molar-refractivity contribution in [3.63, 3.8) is 0 Å². The Hall–Kier alpha value is -3.36. The molecule has 24 heavy (non-hydrogen) atoms. The summed E-state index contributed by atoms with van der Waals surface area (Å²) >= 11 is 0. The molecular formula is C15H16N4O5. The number of para-hydroxylation sites is 1. The summed E-state index contributed by atoms with van der Waals surface area (Å²) in [6.45, 7) is 1.39. The van der Waals surface area contributed by atoms with Crippen LogP contribution in [0.5, 0.6) is 11.6 Å². The van der Waals surface area contributed by atoms with Crippen molar-refractivity contribution in [2.24, 2.45) is 19.2 Å². The monoisotopic (exact) mass is 332 g/mol. The van der Waals surface area contributed by atoms with E-state index in [1.165, 1.54) is 33.2 Å². The summed E-state index contributed by atoms with van der Waals surface area (Å²) in [6, 6.07) is 5.88. The molecule has 0 unspecified atom stereocenters. The molecular weight excluding hydrogens is 316 g/mol. The first-order valence-electron chi connectivity index (χ1n) is 6.87. The fourth-order valence-corrected chi connectivity index (χ4v) is 2.07. The minimum atomic E-state index is -0.742. The summed E-state index contributed by atoms with van der Waals surface area (Å²) in [7, 11) is 2.57. The molecule has 3 N–H and O–H groups in total. The number of hydrogen-bond acceptors (Lipinski definition) is 6. The number of nitrogens with one attached hydrogen (secondary N) is 1. The number of hydrogen-bond donors (Lipinski definition) is 3. The molecule has 0 bridgehead atoms. The van der Waals surface area contributed by atoms with Crippen LogP contribution in [-0.4, -0.2) is 31.0 Å². The van der Waals surface area contributed by atoms with E-state index >= 15 is 0 Å². The lowest BCUT2D eigenvalue weighted by Crippen LogP contribution is -2.40. The van der Waals surface area contributed by atoms with Crippen LogP contribution in [0.2, 0.25) is 0 Å². The number of nitrogens with zero attached hydrogens (tertiary/aromatic N) is 3. The van der Waals surface area contributed by atoms with Gasteiger partial charge >= 0.3 is 5.69 Å². The lowest BCUT2D eigenvalue weighted by Gasteiger charge is -2.10. The van der Waals surface area contributed by atoms with Crippen LogP contribution in [0, 0.1) is 0 Å². The van der Waals surface area contributed by atoms with Crippen LogP contribution in [0.4, 0.5) is 0 Å². The molecule has 1 heterocycles. The van der Waals surface area contributed by atoms with Gasteiger partial charge in [-0.1, -0.05) is 12.1 Å². The summed E-state index contributed by atoms with van der Waals surface area (Å²) < 4.78 is 1.71. The van der Waals surface area contributed by atoms with Gasteiger partial charge in [0.15, 0.2) is 0 Å².